The molecule has 1 amide bonds. The Morgan fingerprint density at radius 3 is 3.05 bits per heavy atom. The molecule has 0 fully saturated rings. The molecule has 3 rings (SSSR count). The second-order valence-corrected chi connectivity index (χ2v) is 4.23. The van der Waals surface area contributed by atoms with Gasteiger partial charge < -0.3 is 14.4 Å². The third-order valence-electron chi connectivity index (χ3n) is 2.74. The van der Waals surface area contributed by atoms with Gasteiger partial charge in [-0.2, -0.15) is 0 Å². The lowest BCUT2D eigenvalue weighted by Crippen LogP contribution is -2.18. The summed E-state index contributed by atoms with van der Waals surface area (Å²) >= 11 is 0. The van der Waals surface area contributed by atoms with Crippen molar-refractivity contribution in [3.05, 3.63) is 42.4 Å². The normalized spacial score (nSPS) is 10.8. The number of carbonyl (C=O) groups excluding carboxylic acids is 1. The van der Waals surface area contributed by atoms with E-state index in [0.29, 0.717) is 11.6 Å². The van der Waals surface area contributed by atoms with Crippen molar-refractivity contribution in [3.8, 4) is 0 Å². The fourth-order valence-corrected chi connectivity index (χ4v) is 1.90. The average Bonchev–Trinajstić information content (AvgIpc) is 2.97. The van der Waals surface area contributed by atoms with Crippen LogP contribution in [0.15, 0.2) is 41.2 Å². The van der Waals surface area contributed by atoms with Crippen LogP contribution in [0.3, 0.4) is 0 Å². The summed E-state index contributed by atoms with van der Waals surface area (Å²) in [5, 5.41) is 6.39. The van der Waals surface area contributed by atoms with Crippen LogP contribution in [0.5, 0.6) is 0 Å². The Hall–Kier alpha value is -2.63. The number of fused-ring (bicyclic) bond motifs is 1. The molecule has 0 aliphatic heterocycles. The van der Waals surface area contributed by atoms with Gasteiger partial charge in [0.25, 0.3) is 0 Å². The molecule has 0 aliphatic carbocycles. The minimum atomic E-state index is -0.170. The number of rotatable bonds is 3. The molecular weight excluding hydrogens is 244 g/mol. The van der Waals surface area contributed by atoms with Gasteiger partial charge in [0.1, 0.15) is 12.3 Å². The van der Waals surface area contributed by atoms with Crippen LogP contribution in [-0.4, -0.2) is 20.6 Å². The number of amides is 1. The lowest BCUT2D eigenvalue weighted by molar-refractivity contribution is -0.116. The van der Waals surface area contributed by atoms with E-state index in [-0.39, 0.29) is 12.5 Å². The maximum Gasteiger partial charge on any atom is 0.245 e. The Bertz CT molecular complexity index is 729. The highest BCUT2D eigenvalue weighted by atomic mass is 16.5. The number of benzene rings is 1. The Balaban J connectivity index is 1.76. The summed E-state index contributed by atoms with van der Waals surface area (Å²) in [5.41, 5.74) is 1.79. The molecule has 3 aromatic rings. The van der Waals surface area contributed by atoms with E-state index in [2.05, 4.69) is 15.5 Å². The van der Waals surface area contributed by atoms with E-state index >= 15 is 0 Å². The zero-order valence-electron chi connectivity index (χ0n) is 10.3. The minimum absolute atomic E-state index is 0.170. The van der Waals surface area contributed by atoms with Gasteiger partial charge in [0.05, 0.1) is 17.4 Å². The van der Waals surface area contributed by atoms with Crippen LogP contribution in [0.2, 0.25) is 0 Å². The Labute approximate surface area is 109 Å². The highest BCUT2D eigenvalue weighted by Crippen LogP contribution is 2.12. The highest BCUT2D eigenvalue weighted by Gasteiger charge is 2.09. The number of aryl methyl sites for hydroxylation is 1. The number of aromatic nitrogens is 3. The molecule has 0 saturated heterocycles. The van der Waals surface area contributed by atoms with E-state index in [1.54, 1.807) is 23.9 Å². The Morgan fingerprint density at radius 1 is 1.42 bits per heavy atom. The quantitative estimate of drug-likeness (QED) is 0.777. The molecule has 6 nitrogen and oxygen atoms in total. The van der Waals surface area contributed by atoms with E-state index in [9.17, 15) is 4.79 Å². The van der Waals surface area contributed by atoms with Gasteiger partial charge in [0.15, 0.2) is 5.82 Å². The van der Waals surface area contributed by atoms with Gasteiger partial charge in [-0.25, -0.2) is 4.98 Å². The zero-order chi connectivity index (χ0) is 13.2. The molecule has 0 radical (unpaired) electrons. The number of hydrogen-bond donors (Lipinski definition) is 1. The van der Waals surface area contributed by atoms with Crippen LogP contribution in [0, 0.1) is 6.92 Å². The summed E-state index contributed by atoms with van der Waals surface area (Å²) in [7, 11) is 0. The van der Waals surface area contributed by atoms with Crippen molar-refractivity contribution in [1.82, 2.24) is 14.7 Å². The number of anilines is 1. The largest absolute Gasteiger partial charge is 0.360 e. The molecule has 0 saturated carbocycles. The molecule has 0 spiro atoms. The van der Waals surface area contributed by atoms with E-state index in [0.717, 1.165) is 11.0 Å². The second kappa shape index (κ2) is 4.56. The van der Waals surface area contributed by atoms with E-state index in [4.69, 9.17) is 4.52 Å². The van der Waals surface area contributed by atoms with Crippen LogP contribution in [0.25, 0.3) is 11.0 Å². The first-order chi connectivity index (χ1) is 9.22. The van der Waals surface area contributed by atoms with Crippen LogP contribution in [-0.2, 0) is 11.3 Å². The van der Waals surface area contributed by atoms with Crippen molar-refractivity contribution in [2.75, 3.05) is 5.32 Å². The molecule has 0 aliphatic rings. The summed E-state index contributed by atoms with van der Waals surface area (Å²) in [5.74, 6) is 0.909. The van der Waals surface area contributed by atoms with Crippen molar-refractivity contribution in [2.45, 2.75) is 13.5 Å². The van der Waals surface area contributed by atoms with E-state index < -0.39 is 0 Å². The smallest absolute Gasteiger partial charge is 0.245 e. The van der Waals surface area contributed by atoms with Gasteiger partial charge in [-0.3, -0.25) is 4.79 Å². The van der Waals surface area contributed by atoms with Gasteiger partial charge in [-0.1, -0.05) is 17.3 Å². The van der Waals surface area contributed by atoms with Gasteiger partial charge in [0.2, 0.25) is 5.91 Å². The van der Waals surface area contributed by atoms with Gasteiger partial charge in [-0.05, 0) is 19.1 Å². The zero-order valence-corrected chi connectivity index (χ0v) is 10.3. The lowest BCUT2D eigenvalue weighted by atomic mass is 10.3. The van der Waals surface area contributed by atoms with E-state index in [1.165, 1.54) is 0 Å². The lowest BCUT2D eigenvalue weighted by Gasteiger charge is -2.03. The number of nitrogens with zero attached hydrogens (tertiary/aromatic N) is 3. The third-order valence-corrected chi connectivity index (χ3v) is 2.74. The van der Waals surface area contributed by atoms with Gasteiger partial charge in [0, 0.05) is 6.07 Å². The van der Waals surface area contributed by atoms with Crippen LogP contribution >= 0.6 is 0 Å². The van der Waals surface area contributed by atoms with Crippen molar-refractivity contribution in [2.24, 2.45) is 0 Å². The standard InChI is InChI=1S/C13H12N4O2/c1-9-6-12(16-19-9)15-13(18)7-17-8-14-10-4-2-3-5-11(10)17/h2-6,8H,7H2,1H3,(H,15,16,18). The molecule has 2 aromatic heterocycles. The maximum absolute atomic E-state index is 11.9. The second-order valence-electron chi connectivity index (χ2n) is 4.23. The minimum Gasteiger partial charge on any atom is -0.360 e. The number of nitrogens with one attached hydrogen (secondary N) is 1. The van der Waals surface area contributed by atoms with Crippen LogP contribution in [0.4, 0.5) is 5.82 Å². The molecule has 19 heavy (non-hydrogen) atoms. The average molecular weight is 256 g/mol. The maximum atomic E-state index is 11.9. The molecule has 0 bridgehead atoms. The van der Waals surface area contributed by atoms with Crippen LogP contribution < -0.4 is 5.32 Å². The van der Waals surface area contributed by atoms with Crippen molar-refractivity contribution in [3.63, 3.8) is 0 Å². The molecule has 1 aromatic carbocycles. The first kappa shape index (κ1) is 11.5. The van der Waals surface area contributed by atoms with Crippen LogP contribution in [0.1, 0.15) is 5.76 Å². The molecule has 1 N–H and O–H groups in total. The van der Waals surface area contributed by atoms with Gasteiger partial charge >= 0.3 is 0 Å². The summed E-state index contributed by atoms with van der Waals surface area (Å²) in [6, 6.07) is 9.34. The predicted octanol–water partition coefficient (Wildman–Crippen LogP) is 1.97. The predicted molar refractivity (Wildman–Crippen MR) is 69.6 cm³/mol. The number of imidazole rings is 1. The molecule has 6 heteroatoms. The first-order valence-corrected chi connectivity index (χ1v) is 5.85. The molecule has 0 unspecified atom stereocenters. The molecular formula is C13H12N4O2. The fraction of sp³-hybridized carbons (Fsp3) is 0.154. The Kier molecular flexibility index (Phi) is 2.75. The number of carbonyl (C=O) groups is 1. The first-order valence-electron chi connectivity index (χ1n) is 5.85. The fourth-order valence-electron chi connectivity index (χ4n) is 1.90. The van der Waals surface area contributed by atoms with Crippen molar-refractivity contribution in [1.29, 1.82) is 0 Å². The summed E-state index contributed by atoms with van der Waals surface area (Å²) in [4.78, 5) is 16.1. The third kappa shape index (κ3) is 2.33. The number of para-hydroxylation sites is 2. The summed E-state index contributed by atoms with van der Waals surface area (Å²) in [6.45, 7) is 1.96. The van der Waals surface area contributed by atoms with Crippen molar-refractivity contribution < 1.29 is 9.32 Å². The molecule has 2 heterocycles. The number of hydrogen-bond acceptors (Lipinski definition) is 4. The SMILES string of the molecule is Cc1cc(NC(=O)Cn2cnc3ccccc32)no1. The monoisotopic (exact) mass is 256 g/mol. The topological polar surface area (TPSA) is 73.0 Å². The van der Waals surface area contributed by atoms with Gasteiger partial charge in [-0.15, -0.1) is 0 Å². The van der Waals surface area contributed by atoms with E-state index in [1.807, 2.05) is 24.3 Å². The molecule has 96 valence electrons. The summed E-state index contributed by atoms with van der Waals surface area (Å²) in [6.07, 6.45) is 1.65. The molecule has 0 atom stereocenters. The Morgan fingerprint density at radius 2 is 2.26 bits per heavy atom. The highest BCUT2D eigenvalue weighted by molar-refractivity contribution is 5.90. The van der Waals surface area contributed by atoms with Crippen molar-refractivity contribution >= 4 is 22.8 Å². The summed E-state index contributed by atoms with van der Waals surface area (Å²) < 4.78 is 6.68.